The van der Waals surface area contributed by atoms with Crippen molar-refractivity contribution in [2.45, 2.75) is 33.4 Å². The minimum Gasteiger partial charge on any atom is -0.391 e. The number of β-amino-alcohol motifs (C(OH)–C–C–N with tert-alkyl or cyclic N) is 1. The van der Waals surface area contributed by atoms with E-state index in [-0.39, 0.29) is 11.5 Å². The summed E-state index contributed by atoms with van der Waals surface area (Å²) in [6.45, 7) is 12.2. The van der Waals surface area contributed by atoms with Crippen molar-refractivity contribution in [2.24, 2.45) is 5.41 Å². The normalized spacial score (nSPS) is 20.6. The van der Waals surface area contributed by atoms with Gasteiger partial charge in [-0.2, -0.15) is 0 Å². The monoisotopic (exact) mass is 283 g/mol. The fraction of sp³-hybridized carbons (Fsp3) is 0.786. The highest BCUT2D eigenvalue weighted by molar-refractivity contribution is 7.07. The van der Waals surface area contributed by atoms with E-state index in [9.17, 15) is 5.11 Å². The quantitative estimate of drug-likeness (QED) is 0.912. The molecule has 108 valence electrons. The number of thiazole rings is 1. The molecule has 0 spiro atoms. The molecule has 1 aliphatic heterocycles. The first-order valence-electron chi connectivity index (χ1n) is 6.95. The van der Waals surface area contributed by atoms with Crippen LogP contribution in [0.2, 0.25) is 0 Å². The Hall–Kier alpha value is -0.490. The van der Waals surface area contributed by atoms with Crippen molar-refractivity contribution in [2.75, 3.05) is 32.7 Å². The van der Waals surface area contributed by atoms with Crippen molar-refractivity contribution >= 4 is 11.3 Å². The third-order valence-corrected chi connectivity index (χ3v) is 4.40. The highest BCUT2D eigenvalue weighted by atomic mass is 32.1. The molecule has 2 heterocycles. The number of hydrogen-bond donors (Lipinski definition) is 1. The lowest BCUT2D eigenvalue weighted by Crippen LogP contribution is -2.49. The number of rotatable bonds is 4. The molecule has 1 aliphatic rings. The fourth-order valence-corrected chi connectivity index (χ4v) is 2.74. The molecule has 0 aliphatic carbocycles. The molecule has 0 radical (unpaired) electrons. The lowest BCUT2D eigenvalue weighted by atomic mass is 9.89. The van der Waals surface area contributed by atoms with Crippen LogP contribution in [0, 0.1) is 5.41 Å². The first-order valence-corrected chi connectivity index (χ1v) is 7.89. The second kappa shape index (κ2) is 6.31. The molecular formula is C14H25N3OS. The van der Waals surface area contributed by atoms with Gasteiger partial charge >= 0.3 is 0 Å². The molecule has 0 saturated carbocycles. The van der Waals surface area contributed by atoms with Crippen LogP contribution in [0.4, 0.5) is 0 Å². The van der Waals surface area contributed by atoms with Gasteiger partial charge in [-0.25, -0.2) is 4.98 Å². The van der Waals surface area contributed by atoms with Crippen molar-refractivity contribution in [1.82, 2.24) is 14.8 Å². The minimum atomic E-state index is -0.252. The van der Waals surface area contributed by atoms with Gasteiger partial charge in [0.25, 0.3) is 0 Å². The van der Waals surface area contributed by atoms with Crippen molar-refractivity contribution in [1.29, 1.82) is 0 Å². The summed E-state index contributed by atoms with van der Waals surface area (Å²) in [6.07, 6.45) is -0.252. The van der Waals surface area contributed by atoms with Crippen molar-refractivity contribution in [3.05, 3.63) is 16.6 Å². The SMILES string of the molecule is CC(C)(C)[C@H](O)CN1CCN(Cc2cscn2)CC1. The average Bonchev–Trinajstić information content (AvgIpc) is 2.83. The smallest absolute Gasteiger partial charge is 0.0795 e. The third kappa shape index (κ3) is 4.53. The van der Waals surface area contributed by atoms with E-state index in [2.05, 4.69) is 40.9 Å². The molecule has 0 amide bonds. The summed E-state index contributed by atoms with van der Waals surface area (Å²) >= 11 is 1.66. The van der Waals surface area contributed by atoms with Gasteiger partial charge in [0.1, 0.15) is 0 Å². The van der Waals surface area contributed by atoms with Gasteiger partial charge in [-0.3, -0.25) is 9.80 Å². The van der Waals surface area contributed by atoms with Crippen LogP contribution in [0.5, 0.6) is 0 Å². The van der Waals surface area contributed by atoms with Crippen molar-refractivity contribution < 1.29 is 5.11 Å². The summed E-state index contributed by atoms with van der Waals surface area (Å²) in [4.78, 5) is 9.14. The molecule has 2 rings (SSSR count). The van der Waals surface area contributed by atoms with E-state index in [1.165, 1.54) is 5.69 Å². The molecule has 1 saturated heterocycles. The van der Waals surface area contributed by atoms with E-state index in [0.29, 0.717) is 0 Å². The first kappa shape index (κ1) is 14.9. The Morgan fingerprint density at radius 2 is 1.89 bits per heavy atom. The van der Waals surface area contributed by atoms with Crippen LogP contribution < -0.4 is 0 Å². The first-order chi connectivity index (χ1) is 8.95. The van der Waals surface area contributed by atoms with E-state index in [0.717, 1.165) is 39.3 Å². The second-order valence-electron chi connectivity index (χ2n) is 6.44. The Bertz CT molecular complexity index is 367. The molecule has 1 atom stereocenters. The number of aliphatic hydroxyl groups is 1. The van der Waals surface area contributed by atoms with Crippen LogP contribution in [0.15, 0.2) is 10.9 Å². The van der Waals surface area contributed by atoms with Gasteiger partial charge in [0.05, 0.1) is 17.3 Å². The Kier molecular flexibility index (Phi) is 4.95. The summed E-state index contributed by atoms with van der Waals surface area (Å²) in [6, 6.07) is 0. The second-order valence-corrected chi connectivity index (χ2v) is 7.16. The minimum absolute atomic E-state index is 0.0300. The highest BCUT2D eigenvalue weighted by Crippen LogP contribution is 2.20. The Balaban J connectivity index is 1.73. The Morgan fingerprint density at radius 3 is 2.42 bits per heavy atom. The number of aromatic nitrogens is 1. The van der Waals surface area contributed by atoms with Crippen molar-refractivity contribution in [3.63, 3.8) is 0 Å². The maximum Gasteiger partial charge on any atom is 0.0795 e. The topological polar surface area (TPSA) is 39.6 Å². The van der Waals surface area contributed by atoms with Crippen molar-refractivity contribution in [3.8, 4) is 0 Å². The molecule has 19 heavy (non-hydrogen) atoms. The molecule has 0 aromatic carbocycles. The maximum atomic E-state index is 10.1. The summed E-state index contributed by atoms with van der Waals surface area (Å²) in [5, 5.41) is 12.3. The van der Waals surface area contributed by atoms with Gasteiger partial charge in [-0.1, -0.05) is 20.8 Å². The summed E-state index contributed by atoms with van der Waals surface area (Å²) in [5.74, 6) is 0. The zero-order valence-corrected chi connectivity index (χ0v) is 13.0. The third-order valence-electron chi connectivity index (χ3n) is 3.76. The zero-order valence-electron chi connectivity index (χ0n) is 12.2. The predicted molar refractivity (Wildman–Crippen MR) is 79.3 cm³/mol. The number of aliphatic hydroxyl groups excluding tert-OH is 1. The molecule has 0 bridgehead atoms. The highest BCUT2D eigenvalue weighted by Gasteiger charge is 2.26. The van der Waals surface area contributed by atoms with Gasteiger partial charge in [-0.15, -0.1) is 11.3 Å². The van der Waals surface area contributed by atoms with Crippen LogP contribution in [0.25, 0.3) is 0 Å². The fourth-order valence-electron chi connectivity index (χ4n) is 2.19. The van der Waals surface area contributed by atoms with Gasteiger partial charge in [-0.05, 0) is 5.41 Å². The Morgan fingerprint density at radius 1 is 1.26 bits per heavy atom. The molecule has 1 fully saturated rings. The summed E-state index contributed by atoms with van der Waals surface area (Å²) < 4.78 is 0. The van der Waals surface area contributed by atoms with Crippen LogP contribution in [0.3, 0.4) is 0 Å². The largest absolute Gasteiger partial charge is 0.391 e. The molecule has 0 unspecified atom stereocenters. The molecule has 5 heteroatoms. The van der Waals surface area contributed by atoms with Crippen LogP contribution >= 0.6 is 11.3 Å². The van der Waals surface area contributed by atoms with E-state index in [1.807, 2.05) is 5.51 Å². The molecule has 1 N–H and O–H groups in total. The van der Waals surface area contributed by atoms with Crippen LogP contribution in [-0.2, 0) is 6.54 Å². The number of nitrogens with zero attached hydrogens (tertiary/aromatic N) is 3. The van der Waals surface area contributed by atoms with Crippen LogP contribution in [-0.4, -0.2) is 58.7 Å². The van der Waals surface area contributed by atoms with E-state index < -0.39 is 0 Å². The maximum absolute atomic E-state index is 10.1. The van der Waals surface area contributed by atoms with Gasteiger partial charge in [0, 0.05) is 44.6 Å². The molecule has 4 nitrogen and oxygen atoms in total. The Labute approximate surface area is 120 Å². The molecular weight excluding hydrogens is 258 g/mol. The standard InChI is InChI=1S/C14H25N3OS/c1-14(2,3)13(18)9-17-6-4-16(5-7-17)8-12-10-19-11-15-12/h10-11,13,18H,4-9H2,1-3H3/t13-/m1/s1. The lowest BCUT2D eigenvalue weighted by Gasteiger charge is -2.37. The van der Waals surface area contributed by atoms with Crippen LogP contribution in [0.1, 0.15) is 26.5 Å². The molecule has 1 aromatic heterocycles. The number of piperazine rings is 1. The summed E-state index contributed by atoms with van der Waals surface area (Å²) in [7, 11) is 0. The summed E-state index contributed by atoms with van der Waals surface area (Å²) in [5.41, 5.74) is 3.04. The van der Waals surface area contributed by atoms with Gasteiger partial charge in [0.2, 0.25) is 0 Å². The van der Waals surface area contributed by atoms with E-state index >= 15 is 0 Å². The number of hydrogen-bond acceptors (Lipinski definition) is 5. The zero-order chi connectivity index (χ0) is 13.9. The van der Waals surface area contributed by atoms with Gasteiger partial charge < -0.3 is 5.11 Å². The lowest BCUT2D eigenvalue weighted by molar-refractivity contribution is 0.0124. The van der Waals surface area contributed by atoms with E-state index in [4.69, 9.17) is 0 Å². The van der Waals surface area contributed by atoms with E-state index in [1.54, 1.807) is 11.3 Å². The molecule has 1 aromatic rings. The van der Waals surface area contributed by atoms with Gasteiger partial charge in [0.15, 0.2) is 0 Å². The predicted octanol–water partition coefficient (Wildman–Crippen LogP) is 1.67. The average molecular weight is 283 g/mol.